The van der Waals surface area contributed by atoms with E-state index < -0.39 is 10.0 Å². The van der Waals surface area contributed by atoms with Crippen LogP contribution in [0.4, 0.5) is 5.69 Å². The Hall–Kier alpha value is -3.75. The molecule has 0 spiro atoms. The fourth-order valence-electron chi connectivity index (χ4n) is 5.74. The average molecular weight is 541 g/mol. The minimum atomic E-state index is -3.68. The molecular formula is C31H32N4O3S. The second kappa shape index (κ2) is 10.8. The summed E-state index contributed by atoms with van der Waals surface area (Å²) >= 11 is 0. The molecule has 0 aliphatic carbocycles. The summed E-state index contributed by atoms with van der Waals surface area (Å²) in [4.78, 5) is 22.5. The molecule has 6 rings (SSSR count). The Bertz CT molecular complexity index is 1560. The molecule has 2 aliphatic heterocycles. The van der Waals surface area contributed by atoms with Crippen LogP contribution in [0.2, 0.25) is 0 Å². The predicted molar refractivity (Wildman–Crippen MR) is 154 cm³/mol. The van der Waals surface area contributed by atoms with E-state index in [1.54, 1.807) is 12.1 Å². The number of pyridine rings is 1. The van der Waals surface area contributed by atoms with Gasteiger partial charge in [-0.2, -0.15) is 4.31 Å². The molecule has 0 bridgehead atoms. The zero-order valence-corrected chi connectivity index (χ0v) is 22.6. The van der Waals surface area contributed by atoms with E-state index in [9.17, 15) is 13.2 Å². The van der Waals surface area contributed by atoms with E-state index in [4.69, 9.17) is 0 Å². The summed E-state index contributed by atoms with van der Waals surface area (Å²) in [6, 6.07) is 27.1. The van der Waals surface area contributed by atoms with Crippen LogP contribution in [0, 0.1) is 5.92 Å². The van der Waals surface area contributed by atoms with Gasteiger partial charge in [-0.1, -0.05) is 60.7 Å². The van der Waals surface area contributed by atoms with Gasteiger partial charge in [0, 0.05) is 56.5 Å². The van der Waals surface area contributed by atoms with Crippen LogP contribution in [-0.2, 0) is 14.8 Å². The molecule has 1 atom stereocenters. The van der Waals surface area contributed by atoms with Crippen molar-refractivity contribution in [1.29, 1.82) is 0 Å². The molecule has 8 heteroatoms. The first-order valence-corrected chi connectivity index (χ1v) is 15.0. The van der Waals surface area contributed by atoms with E-state index in [0.717, 1.165) is 40.8 Å². The Labute approximate surface area is 229 Å². The smallest absolute Gasteiger partial charge is 0.243 e. The van der Waals surface area contributed by atoms with Crippen molar-refractivity contribution in [1.82, 2.24) is 14.2 Å². The van der Waals surface area contributed by atoms with Gasteiger partial charge in [-0.3, -0.25) is 9.78 Å². The zero-order chi connectivity index (χ0) is 26.8. The molecule has 1 aromatic heterocycles. The van der Waals surface area contributed by atoms with Crippen LogP contribution >= 0.6 is 0 Å². The molecule has 2 aliphatic rings. The third kappa shape index (κ3) is 5.14. The average Bonchev–Trinajstić information content (AvgIpc) is 3.01. The second-order valence-electron chi connectivity index (χ2n) is 10.3. The molecular weight excluding hydrogens is 508 g/mol. The van der Waals surface area contributed by atoms with Crippen LogP contribution in [0.1, 0.15) is 12.8 Å². The van der Waals surface area contributed by atoms with Crippen molar-refractivity contribution in [2.45, 2.75) is 17.7 Å². The molecule has 0 radical (unpaired) electrons. The Morgan fingerprint density at radius 1 is 0.769 bits per heavy atom. The third-order valence-corrected chi connectivity index (χ3v) is 9.77. The number of carbonyl (C=O) groups excluding carboxylic acids is 1. The van der Waals surface area contributed by atoms with Gasteiger partial charge < -0.3 is 9.80 Å². The lowest BCUT2D eigenvalue weighted by atomic mass is 9.97. The number of piperazine rings is 1. The Morgan fingerprint density at radius 2 is 1.46 bits per heavy atom. The number of benzene rings is 3. The number of para-hydroxylation sites is 1. The number of sulfonamides is 1. The Morgan fingerprint density at radius 3 is 2.23 bits per heavy atom. The van der Waals surface area contributed by atoms with Gasteiger partial charge >= 0.3 is 0 Å². The van der Waals surface area contributed by atoms with Gasteiger partial charge in [0.05, 0.1) is 16.3 Å². The molecule has 1 amide bonds. The minimum Gasteiger partial charge on any atom is -0.367 e. The highest BCUT2D eigenvalue weighted by Gasteiger charge is 2.36. The number of hydrogen-bond donors (Lipinski definition) is 0. The molecule has 2 fully saturated rings. The van der Waals surface area contributed by atoms with Crippen molar-refractivity contribution in [2.24, 2.45) is 5.92 Å². The van der Waals surface area contributed by atoms with E-state index in [1.807, 2.05) is 77.8 Å². The van der Waals surface area contributed by atoms with E-state index in [2.05, 4.69) is 16.0 Å². The highest BCUT2D eigenvalue weighted by molar-refractivity contribution is 7.89. The number of nitrogens with zero attached hydrogens (tertiary/aromatic N) is 4. The first-order chi connectivity index (χ1) is 19.0. The van der Waals surface area contributed by atoms with Gasteiger partial charge in [-0.05, 0) is 48.2 Å². The molecule has 7 nitrogen and oxygen atoms in total. The van der Waals surface area contributed by atoms with E-state index in [0.29, 0.717) is 32.5 Å². The highest BCUT2D eigenvalue weighted by atomic mass is 32.2. The summed E-state index contributed by atoms with van der Waals surface area (Å²) in [6.45, 7) is 3.40. The van der Waals surface area contributed by atoms with Crippen molar-refractivity contribution in [3.05, 3.63) is 91.1 Å². The van der Waals surface area contributed by atoms with Crippen LogP contribution in [-0.4, -0.2) is 67.8 Å². The maximum Gasteiger partial charge on any atom is 0.243 e. The van der Waals surface area contributed by atoms with Crippen LogP contribution in [0.25, 0.3) is 22.0 Å². The molecule has 39 heavy (non-hydrogen) atoms. The lowest BCUT2D eigenvalue weighted by Crippen LogP contribution is -2.53. The number of anilines is 1. The van der Waals surface area contributed by atoms with E-state index in [-0.39, 0.29) is 23.3 Å². The maximum absolute atomic E-state index is 13.5. The number of carbonyl (C=O) groups is 1. The van der Waals surface area contributed by atoms with Gasteiger partial charge in [0.2, 0.25) is 15.9 Å². The normalized spacial score (nSPS) is 18.8. The predicted octanol–water partition coefficient (Wildman–Crippen LogP) is 4.65. The molecule has 2 saturated heterocycles. The molecule has 1 unspecified atom stereocenters. The molecule has 3 aromatic carbocycles. The third-order valence-electron chi connectivity index (χ3n) is 7.89. The minimum absolute atomic E-state index is 0.0635. The number of fused-ring (bicyclic) bond motifs is 1. The fraction of sp³-hybridized carbons (Fsp3) is 0.290. The van der Waals surface area contributed by atoms with E-state index in [1.165, 1.54) is 4.31 Å². The van der Waals surface area contributed by atoms with Crippen LogP contribution in [0.3, 0.4) is 0 Å². The first-order valence-electron chi connectivity index (χ1n) is 13.5. The van der Waals surface area contributed by atoms with Crippen LogP contribution < -0.4 is 4.90 Å². The van der Waals surface area contributed by atoms with Crippen molar-refractivity contribution in [2.75, 3.05) is 44.2 Å². The zero-order valence-electron chi connectivity index (χ0n) is 21.8. The number of hydrogen-bond acceptors (Lipinski definition) is 5. The maximum atomic E-state index is 13.5. The van der Waals surface area contributed by atoms with Crippen molar-refractivity contribution < 1.29 is 13.2 Å². The lowest BCUT2D eigenvalue weighted by molar-refractivity contribution is -0.137. The van der Waals surface area contributed by atoms with Gasteiger partial charge in [-0.25, -0.2) is 8.42 Å². The quantitative estimate of drug-likeness (QED) is 0.368. The summed E-state index contributed by atoms with van der Waals surface area (Å²) in [5.41, 5.74) is 4.12. The summed E-state index contributed by atoms with van der Waals surface area (Å²) < 4.78 is 28.4. The van der Waals surface area contributed by atoms with Gasteiger partial charge in [0.15, 0.2) is 0 Å². The largest absolute Gasteiger partial charge is 0.367 e. The standard InChI is InChI=1S/C31H32N4O3S/c36-31(34-21-19-33(20-22-34)30-16-17-32-29-11-5-4-10-28(29)30)26-9-6-18-35(23-26)39(37,38)27-14-12-25(13-15-27)24-7-2-1-3-8-24/h1-5,7-8,10-17,26H,6,9,18-23H2. The van der Waals surface area contributed by atoms with Crippen molar-refractivity contribution >= 4 is 32.5 Å². The Kier molecular flexibility index (Phi) is 7.06. The summed E-state index contributed by atoms with van der Waals surface area (Å²) in [5, 5.41) is 1.12. The van der Waals surface area contributed by atoms with Crippen molar-refractivity contribution in [3.63, 3.8) is 0 Å². The number of amides is 1. The topological polar surface area (TPSA) is 73.8 Å². The number of aromatic nitrogens is 1. The summed E-state index contributed by atoms with van der Waals surface area (Å²) in [5.74, 6) is -0.251. The first kappa shape index (κ1) is 25.5. The molecule has 0 N–H and O–H groups in total. The lowest BCUT2D eigenvalue weighted by Gasteiger charge is -2.39. The Balaban J connectivity index is 1.10. The SMILES string of the molecule is O=C(C1CCCN(S(=O)(=O)c2ccc(-c3ccccc3)cc2)C1)N1CCN(c2ccnc3ccccc23)CC1. The van der Waals surface area contributed by atoms with Crippen molar-refractivity contribution in [3.8, 4) is 11.1 Å². The van der Waals surface area contributed by atoms with Gasteiger partial charge in [-0.15, -0.1) is 0 Å². The number of piperidine rings is 1. The van der Waals surface area contributed by atoms with E-state index >= 15 is 0 Å². The summed E-state index contributed by atoms with van der Waals surface area (Å²) in [6.07, 6.45) is 3.23. The second-order valence-corrected chi connectivity index (χ2v) is 12.2. The molecule has 200 valence electrons. The molecule has 3 heterocycles. The molecule has 4 aromatic rings. The van der Waals surface area contributed by atoms with Crippen LogP contribution in [0.5, 0.6) is 0 Å². The fourth-order valence-corrected chi connectivity index (χ4v) is 7.27. The number of rotatable bonds is 5. The monoisotopic (exact) mass is 540 g/mol. The van der Waals surface area contributed by atoms with Gasteiger partial charge in [0.1, 0.15) is 0 Å². The van der Waals surface area contributed by atoms with Gasteiger partial charge in [0.25, 0.3) is 0 Å². The summed E-state index contributed by atoms with van der Waals surface area (Å²) in [7, 11) is -3.68. The highest BCUT2D eigenvalue weighted by Crippen LogP contribution is 2.29. The van der Waals surface area contributed by atoms with Crippen LogP contribution in [0.15, 0.2) is 96.0 Å². The molecule has 0 saturated carbocycles.